The number of carbonyl (C=O) groups is 2. The second-order valence-electron chi connectivity index (χ2n) is 8.25. The van der Waals surface area contributed by atoms with Crippen LogP contribution in [0.25, 0.3) is 27.6 Å². The number of anilines is 1. The van der Waals surface area contributed by atoms with E-state index in [1.165, 1.54) is 6.08 Å². The molecule has 5 aromatic carbocycles. The molecule has 0 radical (unpaired) electrons. The first-order valence-corrected chi connectivity index (χ1v) is 12.2. The molecule has 0 aliphatic carbocycles. The van der Waals surface area contributed by atoms with Crippen LogP contribution in [0.1, 0.15) is 15.9 Å². The highest BCUT2D eigenvalue weighted by Crippen LogP contribution is 2.32. The van der Waals surface area contributed by atoms with Crippen molar-refractivity contribution in [3.8, 4) is 11.8 Å². The Bertz CT molecular complexity index is 1730. The molecule has 0 saturated carbocycles. The number of ether oxygens (including phenoxy) is 1. The fourth-order valence-electron chi connectivity index (χ4n) is 4.10. The van der Waals surface area contributed by atoms with Gasteiger partial charge in [-0.05, 0) is 64.0 Å². The predicted octanol–water partition coefficient (Wildman–Crippen LogP) is 7.52. The Morgan fingerprint density at radius 2 is 1.43 bits per heavy atom. The number of nitrogens with one attached hydrogen (secondary N) is 1. The van der Waals surface area contributed by atoms with E-state index in [4.69, 9.17) is 4.74 Å². The second-order valence-corrected chi connectivity index (χ2v) is 9.16. The van der Waals surface area contributed by atoms with E-state index in [9.17, 15) is 14.9 Å². The van der Waals surface area contributed by atoms with E-state index in [1.807, 2.05) is 66.7 Å². The van der Waals surface area contributed by atoms with E-state index in [0.29, 0.717) is 16.8 Å². The normalized spacial score (nSPS) is 11.2. The average molecular weight is 547 g/mol. The van der Waals surface area contributed by atoms with Gasteiger partial charge in [0, 0.05) is 15.7 Å². The van der Waals surface area contributed by atoms with Gasteiger partial charge in [-0.25, -0.2) is 4.79 Å². The molecule has 178 valence electrons. The fraction of sp³-hybridized carbons (Fsp3) is 0. The lowest BCUT2D eigenvalue weighted by atomic mass is 10.0. The molecule has 0 atom stereocenters. The SMILES string of the molecule is N#C/C(=C/c1c(OC(=O)c2cccc3ccccc23)ccc2ccccc12)C(=O)Nc1ccc(Br)cc1. The average Bonchev–Trinajstić information content (AvgIpc) is 2.93. The molecule has 0 spiro atoms. The molecule has 0 heterocycles. The van der Waals surface area contributed by atoms with Crippen molar-refractivity contribution < 1.29 is 14.3 Å². The second kappa shape index (κ2) is 10.5. The van der Waals surface area contributed by atoms with Gasteiger partial charge in [0.05, 0.1) is 5.56 Å². The van der Waals surface area contributed by atoms with E-state index in [1.54, 1.807) is 42.5 Å². The van der Waals surface area contributed by atoms with E-state index in [2.05, 4.69) is 21.2 Å². The molecule has 5 rings (SSSR count). The molecule has 0 fully saturated rings. The summed E-state index contributed by atoms with van der Waals surface area (Å²) in [6.07, 6.45) is 1.46. The predicted molar refractivity (Wildman–Crippen MR) is 149 cm³/mol. The van der Waals surface area contributed by atoms with E-state index in [-0.39, 0.29) is 11.3 Å². The molecule has 5 nitrogen and oxygen atoms in total. The van der Waals surface area contributed by atoms with Gasteiger partial charge in [0.25, 0.3) is 5.91 Å². The lowest BCUT2D eigenvalue weighted by molar-refractivity contribution is -0.112. The molecule has 0 saturated heterocycles. The highest BCUT2D eigenvalue weighted by molar-refractivity contribution is 9.10. The number of nitriles is 1. The minimum Gasteiger partial charge on any atom is -0.422 e. The molecule has 0 aliphatic rings. The van der Waals surface area contributed by atoms with Gasteiger partial charge in [-0.1, -0.05) is 82.7 Å². The van der Waals surface area contributed by atoms with Crippen molar-refractivity contribution in [3.05, 3.63) is 124 Å². The first-order valence-electron chi connectivity index (χ1n) is 11.4. The molecule has 0 unspecified atom stereocenters. The molecule has 6 heteroatoms. The Morgan fingerprint density at radius 3 is 2.16 bits per heavy atom. The maximum atomic E-state index is 13.3. The van der Waals surface area contributed by atoms with Crippen LogP contribution in [0.2, 0.25) is 0 Å². The summed E-state index contributed by atoms with van der Waals surface area (Å²) in [5, 5.41) is 15.9. The third kappa shape index (κ3) is 5.13. The van der Waals surface area contributed by atoms with E-state index in [0.717, 1.165) is 26.0 Å². The van der Waals surface area contributed by atoms with Gasteiger partial charge < -0.3 is 10.1 Å². The summed E-state index contributed by atoms with van der Waals surface area (Å²) in [6.45, 7) is 0. The lowest BCUT2D eigenvalue weighted by Gasteiger charge is -2.13. The number of benzene rings is 5. The van der Waals surface area contributed by atoms with Gasteiger partial charge in [0.2, 0.25) is 0 Å². The molecule has 37 heavy (non-hydrogen) atoms. The first kappa shape index (κ1) is 24.0. The molecule has 0 aliphatic heterocycles. The molecular formula is C31H19BrN2O3. The van der Waals surface area contributed by atoms with Crippen LogP contribution < -0.4 is 10.1 Å². The van der Waals surface area contributed by atoms with E-state index >= 15 is 0 Å². The number of carbonyl (C=O) groups excluding carboxylic acids is 2. The number of nitrogens with zero attached hydrogens (tertiary/aromatic N) is 1. The smallest absolute Gasteiger partial charge is 0.344 e. The quantitative estimate of drug-likeness (QED) is 0.107. The van der Waals surface area contributed by atoms with Gasteiger partial charge in [0.1, 0.15) is 17.4 Å². The molecule has 1 amide bonds. The number of hydrogen-bond acceptors (Lipinski definition) is 4. The van der Waals surface area contributed by atoms with Gasteiger partial charge in [0.15, 0.2) is 0 Å². The molecule has 1 N–H and O–H groups in total. The Hall–Kier alpha value is -4.73. The van der Waals surface area contributed by atoms with Crippen LogP contribution in [0.15, 0.2) is 113 Å². The van der Waals surface area contributed by atoms with Crippen molar-refractivity contribution in [2.24, 2.45) is 0 Å². The lowest BCUT2D eigenvalue weighted by Crippen LogP contribution is -2.14. The van der Waals surface area contributed by atoms with Crippen LogP contribution in [0.5, 0.6) is 5.75 Å². The zero-order chi connectivity index (χ0) is 25.8. The topological polar surface area (TPSA) is 79.2 Å². The summed E-state index contributed by atoms with van der Waals surface area (Å²) in [5.74, 6) is -0.843. The van der Waals surface area contributed by atoms with Crippen LogP contribution in [0, 0.1) is 11.3 Å². The summed E-state index contributed by atoms with van der Waals surface area (Å²) in [4.78, 5) is 26.2. The third-order valence-corrected chi connectivity index (χ3v) is 6.43. The minimum atomic E-state index is -0.566. The summed E-state index contributed by atoms with van der Waals surface area (Å²) in [7, 11) is 0. The standard InChI is InChI=1S/C31H19BrN2O3/c32-23-13-15-24(16-14-23)34-30(35)22(19-33)18-28-26-10-4-2-7-21(26)12-17-29(28)37-31(36)27-11-5-8-20-6-1-3-9-25(20)27/h1-18H,(H,34,35)/b22-18-. The Balaban J connectivity index is 1.55. The number of esters is 1. The maximum absolute atomic E-state index is 13.3. The summed E-state index contributed by atoms with van der Waals surface area (Å²) in [5.41, 5.74) is 1.32. The van der Waals surface area contributed by atoms with Gasteiger partial charge in [-0.3, -0.25) is 4.79 Å². The number of halogens is 1. The zero-order valence-corrected chi connectivity index (χ0v) is 21.0. The summed E-state index contributed by atoms with van der Waals surface area (Å²) < 4.78 is 6.74. The van der Waals surface area contributed by atoms with Crippen LogP contribution in [0.3, 0.4) is 0 Å². The van der Waals surface area contributed by atoms with E-state index < -0.39 is 11.9 Å². The first-order chi connectivity index (χ1) is 18.0. The highest BCUT2D eigenvalue weighted by atomic mass is 79.9. The van der Waals surface area contributed by atoms with Gasteiger partial charge >= 0.3 is 5.97 Å². The third-order valence-electron chi connectivity index (χ3n) is 5.90. The Kier molecular flexibility index (Phi) is 6.80. The van der Waals surface area contributed by atoms with Crippen LogP contribution in [-0.2, 0) is 4.79 Å². The molecule has 0 bridgehead atoms. The molecule has 5 aromatic rings. The molecule has 0 aromatic heterocycles. The van der Waals surface area contributed by atoms with Crippen molar-refractivity contribution >= 4 is 61.1 Å². The van der Waals surface area contributed by atoms with Crippen molar-refractivity contribution in [1.29, 1.82) is 5.26 Å². The van der Waals surface area contributed by atoms with Crippen molar-refractivity contribution in [3.63, 3.8) is 0 Å². The van der Waals surface area contributed by atoms with Crippen LogP contribution >= 0.6 is 15.9 Å². The Morgan fingerprint density at radius 1 is 0.784 bits per heavy atom. The van der Waals surface area contributed by atoms with Gasteiger partial charge in [-0.2, -0.15) is 5.26 Å². The highest BCUT2D eigenvalue weighted by Gasteiger charge is 2.18. The fourth-order valence-corrected chi connectivity index (χ4v) is 4.36. The van der Waals surface area contributed by atoms with Gasteiger partial charge in [-0.15, -0.1) is 0 Å². The number of fused-ring (bicyclic) bond motifs is 2. The monoisotopic (exact) mass is 546 g/mol. The van der Waals surface area contributed by atoms with Crippen LogP contribution in [0.4, 0.5) is 5.69 Å². The van der Waals surface area contributed by atoms with Crippen molar-refractivity contribution in [1.82, 2.24) is 0 Å². The number of hydrogen-bond donors (Lipinski definition) is 1. The summed E-state index contributed by atoms with van der Waals surface area (Å²) >= 11 is 3.36. The molecular weight excluding hydrogens is 528 g/mol. The summed E-state index contributed by atoms with van der Waals surface area (Å²) in [6, 6.07) is 33.1. The van der Waals surface area contributed by atoms with Crippen molar-refractivity contribution in [2.75, 3.05) is 5.32 Å². The maximum Gasteiger partial charge on any atom is 0.344 e. The largest absolute Gasteiger partial charge is 0.422 e. The number of rotatable bonds is 5. The Labute approximate surface area is 221 Å². The number of amides is 1. The zero-order valence-electron chi connectivity index (χ0n) is 19.4. The van der Waals surface area contributed by atoms with Crippen molar-refractivity contribution in [2.45, 2.75) is 0 Å². The minimum absolute atomic E-state index is 0.123. The van der Waals surface area contributed by atoms with Crippen LogP contribution in [-0.4, -0.2) is 11.9 Å².